The summed E-state index contributed by atoms with van der Waals surface area (Å²) in [6.45, 7) is 4.19. The number of ether oxygens (including phenoxy) is 7. The number of aliphatic hydroxyl groups is 2. The quantitative estimate of drug-likeness (QED) is 0.152. The van der Waals surface area contributed by atoms with E-state index in [1.807, 2.05) is 72.8 Å². The minimum absolute atomic E-state index is 0.0116. The van der Waals surface area contributed by atoms with Crippen LogP contribution >= 0.6 is 0 Å². The summed E-state index contributed by atoms with van der Waals surface area (Å²) >= 11 is 0. The van der Waals surface area contributed by atoms with Crippen molar-refractivity contribution in [2.75, 3.05) is 79.3 Å². The Morgan fingerprint density at radius 1 is 0.341 bits per heavy atom. The molecule has 220 valence electrons. The van der Waals surface area contributed by atoms with Crippen LogP contribution in [0.25, 0.3) is 21.5 Å². The number of benzene rings is 4. The van der Waals surface area contributed by atoms with E-state index in [1.165, 1.54) is 0 Å². The van der Waals surface area contributed by atoms with Crippen LogP contribution in [-0.2, 0) is 14.2 Å². The minimum atomic E-state index is 0.0116. The van der Waals surface area contributed by atoms with Crippen molar-refractivity contribution in [3.8, 4) is 23.0 Å². The van der Waals surface area contributed by atoms with Gasteiger partial charge in [0.2, 0.25) is 0 Å². The predicted molar refractivity (Wildman–Crippen MR) is 157 cm³/mol. The first kappa shape index (κ1) is 30.4. The Labute approximate surface area is 240 Å². The van der Waals surface area contributed by atoms with Crippen molar-refractivity contribution in [1.82, 2.24) is 0 Å². The fraction of sp³-hybridized carbons (Fsp3) is 0.375. The van der Waals surface area contributed by atoms with Gasteiger partial charge in [-0.1, -0.05) is 24.3 Å². The fourth-order valence-corrected chi connectivity index (χ4v) is 4.07. The molecule has 0 atom stereocenters. The lowest BCUT2D eigenvalue weighted by molar-refractivity contribution is 0.0705. The van der Waals surface area contributed by atoms with Crippen LogP contribution in [0.1, 0.15) is 0 Å². The molecule has 0 saturated carbocycles. The lowest BCUT2D eigenvalue weighted by Crippen LogP contribution is -2.12. The highest BCUT2D eigenvalue weighted by atomic mass is 16.5. The average molecular weight is 567 g/mol. The normalized spacial score (nSPS) is 11.2. The smallest absolute Gasteiger partial charge is 0.120 e. The molecule has 0 amide bonds. The van der Waals surface area contributed by atoms with E-state index in [2.05, 4.69) is 0 Å². The van der Waals surface area contributed by atoms with Crippen molar-refractivity contribution >= 4 is 21.5 Å². The number of rotatable bonds is 20. The molecule has 0 aromatic heterocycles. The molecule has 0 spiro atoms. The molecule has 0 aliphatic heterocycles. The maximum absolute atomic E-state index is 8.73. The lowest BCUT2D eigenvalue weighted by Gasteiger charge is -2.11. The summed E-state index contributed by atoms with van der Waals surface area (Å²) in [5.41, 5.74) is 0. The van der Waals surface area contributed by atoms with Crippen LogP contribution < -0.4 is 18.9 Å². The summed E-state index contributed by atoms with van der Waals surface area (Å²) in [4.78, 5) is 0. The Balaban J connectivity index is 1.11. The molecule has 0 aliphatic rings. The molecule has 0 fully saturated rings. The summed E-state index contributed by atoms with van der Waals surface area (Å²) in [7, 11) is 0. The molecule has 4 aromatic rings. The van der Waals surface area contributed by atoms with E-state index in [0.717, 1.165) is 44.5 Å². The van der Waals surface area contributed by atoms with Gasteiger partial charge in [0.1, 0.15) is 49.4 Å². The van der Waals surface area contributed by atoms with E-state index in [-0.39, 0.29) is 13.2 Å². The van der Waals surface area contributed by atoms with Gasteiger partial charge in [0.05, 0.1) is 52.9 Å². The van der Waals surface area contributed by atoms with Crippen molar-refractivity contribution in [3.05, 3.63) is 72.8 Å². The van der Waals surface area contributed by atoms with E-state index in [4.69, 9.17) is 43.4 Å². The molecule has 0 heterocycles. The van der Waals surface area contributed by atoms with Gasteiger partial charge in [-0.25, -0.2) is 0 Å². The Kier molecular flexibility index (Phi) is 12.8. The topological polar surface area (TPSA) is 105 Å². The number of hydrogen-bond donors (Lipinski definition) is 2. The molecule has 0 radical (unpaired) electrons. The number of fused-ring (bicyclic) bond motifs is 2. The predicted octanol–water partition coefficient (Wildman–Crippen LogP) is 4.24. The minimum Gasteiger partial charge on any atom is -0.491 e. The van der Waals surface area contributed by atoms with E-state index >= 15 is 0 Å². The first-order chi connectivity index (χ1) is 20.2. The van der Waals surface area contributed by atoms with Gasteiger partial charge in [-0.3, -0.25) is 0 Å². The van der Waals surface area contributed by atoms with Crippen molar-refractivity contribution < 1.29 is 43.4 Å². The molecule has 0 aliphatic carbocycles. The van der Waals surface area contributed by atoms with Gasteiger partial charge in [0, 0.05) is 0 Å². The van der Waals surface area contributed by atoms with Gasteiger partial charge in [-0.05, 0) is 70.1 Å². The molecule has 0 unspecified atom stereocenters. The van der Waals surface area contributed by atoms with E-state index in [1.54, 1.807) is 0 Å². The second-order valence-electron chi connectivity index (χ2n) is 9.02. The highest BCUT2D eigenvalue weighted by Crippen LogP contribution is 2.26. The summed E-state index contributed by atoms with van der Waals surface area (Å²) < 4.78 is 39.2. The third-order valence-corrected chi connectivity index (χ3v) is 6.02. The first-order valence-corrected chi connectivity index (χ1v) is 13.8. The van der Waals surface area contributed by atoms with Gasteiger partial charge in [0.25, 0.3) is 0 Å². The van der Waals surface area contributed by atoms with Gasteiger partial charge < -0.3 is 43.4 Å². The molecule has 9 heteroatoms. The molecular weight excluding hydrogens is 528 g/mol. The van der Waals surface area contributed by atoms with Crippen LogP contribution in [0.5, 0.6) is 23.0 Å². The fourth-order valence-electron chi connectivity index (χ4n) is 4.07. The first-order valence-electron chi connectivity index (χ1n) is 13.8. The van der Waals surface area contributed by atoms with Crippen LogP contribution in [0.15, 0.2) is 72.8 Å². The van der Waals surface area contributed by atoms with Gasteiger partial charge in [-0.15, -0.1) is 0 Å². The molecule has 0 saturated heterocycles. The maximum Gasteiger partial charge on any atom is 0.120 e. The number of aliphatic hydroxyl groups excluding tert-OH is 2. The molecule has 4 rings (SSSR count). The SMILES string of the molecule is OCCOCCOc1ccc2cc(OCCOCCOc3ccc4cc(OCCOCCO)ccc4c3)ccc2c1. The standard InChI is InChI=1S/C32H38O9/c33-9-11-35-13-17-38-29-5-1-27-23-31(7-3-25(27)21-29)40-19-15-37-16-20-41-32-8-4-26-22-30(6-2-28(26)24-32)39-18-14-36-12-10-34/h1-8,21-24,33-34H,9-20H2. The molecule has 41 heavy (non-hydrogen) atoms. The van der Waals surface area contributed by atoms with Gasteiger partial charge >= 0.3 is 0 Å². The zero-order valence-electron chi connectivity index (χ0n) is 23.2. The van der Waals surface area contributed by atoms with E-state index < -0.39 is 0 Å². The Bertz CT molecular complexity index is 1230. The van der Waals surface area contributed by atoms with Crippen LogP contribution in [0, 0.1) is 0 Å². The van der Waals surface area contributed by atoms with Crippen molar-refractivity contribution in [3.63, 3.8) is 0 Å². The number of hydrogen-bond acceptors (Lipinski definition) is 9. The molecule has 2 N–H and O–H groups in total. The van der Waals surface area contributed by atoms with Crippen molar-refractivity contribution in [1.29, 1.82) is 0 Å². The maximum atomic E-state index is 8.73. The van der Waals surface area contributed by atoms with Gasteiger partial charge in [-0.2, -0.15) is 0 Å². The largest absolute Gasteiger partial charge is 0.491 e. The van der Waals surface area contributed by atoms with Crippen LogP contribution in [-0.4, -0.2) is 89.5 Å². The Morgan fingerprint density at radius 3 is 0.878 bits per heavy atom. The monoisotopic (exact) mass is 566 g/mol. The van der Waals surface area contributed by atoms with E-state index in [9.17, 15) is 0 Å². The average Bonchev–Trinajstić information content (AvgIpc) is 3.00. The van der Waals surface area contributed by atoms with Crippen molar-refractivity contribution in [2.45, 2.75) is 0 Å². The second-order valence-corrected chi connectivity index (χ2v) is 9.02. The van der Waals surface area contributed by atoms with Crippen LogP contribution in [0.2, 0.25) is 0 Å². The summed E-state index contributed by atoms with van der Waals surface area (Å²) in [5, 5.41) is 21.7. The Hall–Kier alpha value is -3.60. The highest BCUT2D eigenvalue weighted by Gasteiger charge is 2.03. The molecule has 9 nitrogen and oxygen atoms in total. The third-order valence-electron chi connectivity index (χ3n) is 6.02. The summed E-state index contributed by atoms with van der Waals surface area (Å²) in [6.07, 6.45) is 0. The third kappa shape index (κ3) is 10.4. The van der Waals surface area contributed by atoms with Crippen LogP contribution in [0.3, 0.4) is 0 Å². The molecule has 0 bridgehead atoms. The summed E-state index contributed by atoms with van der Waals surface area (Å²) in [5.74, 6) is 3.11. The molecular formula is C32H38O9. The zero-order chi connectivity index (χ0) is 28.5. The van der Waals surface area contributed by atoms with Crippen LogP contribution in [0.4, 0.5) is 0 Å². The summed E-state index contributed by atoms with van der Waals surface area (Å²) in [6, 6.07) is 23.7. The second kappa shape index (κ2) is 17.3. The zero-order valence-corrected chi connectivity index (χ0v) is 23.2. The van der Waals surface area contributed by atoms with E-state index in [0.29, 0.717) is 66.1 Å². The molecule has 4 aromatic carbocycles. The van der Waals surface area contributed by atoms with Crippen molar-refractivity contribution in [2.24, 2.45) is 0 Å². The highest BCUT2D eigenvalue weighted by molar-refractivity contribution is 5.86. The Morgan fingerprint density at radius 2 is 0.610 bits per heavy atom. The van der Waals surface area contributed by atoms with Gasteiger partial charge in [0.15, 0.2) is 0 Å². The lowest BCUT2D eigenvalue weighted by atomic mass is 10.1.